The van der Waals surface area contributed by atoms with E-state index in [9.17, 15) is 67.1 Å². The van der Waals surface area contributed by atoms with Crippen LogP contribution in [0.1, 0.15) is 209 Å². The second-order valence-electron chi connectivity index (χ2n) is 29.5. The number of carboxylic acid groups (broad SMARTS) is 2. The first-order chi connectivity index (χ1) is 62.1. The molecule has 0 saturated carbocycles. The highest BCUT2D eigenvalue weighted by molar-refractivity contribution is 6.64. The molecule has 23 N–H and O–H groups in total. The highest BCUT2D eigenvalue weighted by atomic mass is 35.5. The summed E-state index contributed by atoms with van der Waals surface area (Å²) < 4.78 is 0. The van der Waals surface area contributed by atoms with Crippen molar-refractivity contribution in [1.82, 2.24) is 0 Å². The van der Waals surface area contributed by atoms with Gasteiger partial charge in [-0.1, -0.05) is 97.1 Å². The minimum atomic E-state index is -0.919. The number of benzene rings is 9. The number of carbonyl (C=O) groups is 14. The molecule has 0 atom stereocenters. The van der Waals surface area contributed by atoms with Gasteiger partial charge in [0.05, 0.1) is 55.0 Å². The van der Waals surface area contributed by atoms with Crippen LogP contribution in [0.4, 0.5) is 22.7 Å². The molecule has 0 aliphatic carbocycles. The van der Waals surface area contributed by atoms with Crippen LogP contribution in [0.25, 0.3) is 0 Å². The summed E-state index contributed by atoms with van der Waals surface area (Å²) in [6, 6.07) is 51.9. The molecule has 0 bridgehead atoms. The number of hydrogen-bond acceptors (Lipinski definition) is 23. The summed E-state index contributed by atoms with van der Waals surface area (Å²) in [5.41, 5.74) is 62.9. The number of nitrogens with zero attached hydrogens (tertiary/aromatic N) is 8. The van der Waals surface area contributed by atoms with Crippen LogP contribution in [-0.4, -0.2) is 138 Å². The maximum absolute atomic E-state index is 13.7. The minimum Gasteiger partial charge on any atom is -0.481 e. The van der Waals surface area contributed by atoms with Crippen molar-refractivity contribution in [3.63, 3.8) is 0 Å². The molecular weight excluding hydrogens is 1880 g/mol. The van der Waals surface area contributed by atoms with Gasteiger partial charge in [-0.05, 0) is 239 Å². The van der Waals surface area contributed by atoms with Gasteiger partial charge in [0.1, 0.15) is 0 Å². The Morgan fingerprint density at radius 3 is 0.669 bits per heavy atom. The topological polar surface area (TPSA) is 649 Å². The lowest BCUT2D eigenvalue weighted by molar-refractivity contribution is -0.137. The number of anilines is 4. The molecular formula is C94H104Cl6N20O16. The second-order valence-corrected chi connectivity index (χ2v) is 30.3. The molecule has 0 saturated heterocycles. The summed E-state index contributed by atoms with van der Waals surface area (Å²) in [6.07, 6.45) is 0.249. The molecule has 136 heavy (non-hydrogen) atoms. The number of Topliss-reactive ketones (excluding diaryl/α,β-unsaturated/α-hetero) is 7. The molecule has 718 valence electrons. The molecule has 0 spiro atoms. The molecule has 0 radical (unpaired) electrons. The zero-order valence-electron chi connectivity index (χ0n) is 75.3. The standard InChI is InChI=1S/C34H43N17O2.C30H28N2O6.C10H8Cl2O2.C10H11NO2.C10H10O4.4ClH/c1-17(44-48-31(35)36)23-11-24(18(2)45-49-32(37)38)14-27(13-23)29(52)9-21-6-5-7-22(8-21)10-30(53)43-28-15-25(19(3)46-50-33(39)40)12-26(16-28)20(4)47-51-34(41)42;1-17(33)23-11-24(18(2)34)14-27(13-23)31-29(37)9-21-6-5-7-22(8-21)10-30(38)32-28-15-25(19(3)35)12-26(16-28)20(4)36;11-9(13)5-7-2-1-3-8(4-7)6-10(12)14;1-6(12)8-3-9(7(2)13)5-10(11)4-8;11-9(12)5-7-2-1-3-8(4-7)6-10(13)14;;;;/h5-8,11-16H,9-10H2,1-4H3,(H,43,53)(H4,35,36,48)(H4,37,38,49)(H4,39,40,50)(H4,41,42,51);5-8,11-16H,9-10H2,1-4H3,(H,31,37)(H,32,38);1-4H,5-6H2;3-5H,11H2,1-2H3;1-4H,5-6H2,(H,11,12)(H,13,14);4*1H/b44-17+,45-18+,46-19+,47-20+;;;;;;;;. The van der Waals surface area contributed by atoms with Crippen molar-refractivity contribution in [2.45, 2.75) is 121 Å². The first-order valence-electron chi connectivity index (χ1n) is 39.7. The van der Waals surface area contributed by atoms with Crippen molar-refractivity contribution in [3.8, 4) is 0 Å². The molecule has 0 unspecified atom stereocenters. The van der Waals surface area contributed by atoms with Crippen molar-refractivity contribution in [1.29, 1.82) is 0 Å². The summed E-state index contributed by atoms with van der Waals surface area (Å²) in [7, 11) is 0. The lowest BCUT2D eigenvalue weighted by Gasteiger charge is -2.12. The van der Waals surface area contributed by atoms with E-state index in [2.05, 4.69) is 56.8 Å². The predicted octanol–water partition coefficient (Wildman–Crippen LogP) is 11.7. The summed E-state index contributed by atoms with van der Waals surface area (Å²) in [5, 5.41) is 55.5. The molecule has 0 fully saturated rings. The van der Waals surface area contributed by atoms with Crippen LogP contribution in [0.5, 0.6) is 0 Å². The quantitative estimate of drug-likeness (QED) is 0.00445. The Morgan fingerprint density at radius 2 is 0.449 bits per heavy atom. The predicted molar refractivity (Wildman–Crippen MR) is 540 cm³/mol. The number of halogens is 6. The van der Waals surface area contributed by atoms with E-state index in [1.807, 2.05) is 0 Å². The fourth-order valence-corrected chi connectivity index (χ4v) is 12.2. The zero-order chi connectivity index (χ0) is 98.3. The first-order valence-corrected chi connectivity index (χ1v) is 40.5. The van der Waals surface area contributed by atoms with E-state index in [0.29, 0.717) is 140 Å². The molecule has 0 aliphatic heterocycles. The highest BCUT2D eigenvalue weighted by Crippen LogP contribution is 2.24. The maximum atomic E-state index is 13.7. The van der Waals surface area contributed by atoms with Crippen LogP contribution in [-0.2, 0) is 84.9 Å². The Kier molecular flexibility index (Phi) is 51.1. The third-order valence-electron chi connectivity index (χ3n) is 18.1. The third kappa shape index (κ3) is 44.3. The average molecular weight is 1980 g/mol. The van der Waals surface area contributed by atoms with E-state index in [4.69, 9.17) is 85.0 Å². The molecule has 36 nitrogen and oxygen atoms in total. The summed E-state index contributed by atoms with van der Waals surface area (Å²) in [6.45, 7) is 15.2. The molecule has 9 rings (SSSR count). The van der Waals surface area contributed by atoms with Gasteiger partial charge in [-0.25, -0.2) is 0 Å². The van der Waals surface area contributed by atoms with Crippen LogP contribution in [0.15, 0.2) is 229 Å². The number of nitrogens with one attached hydrogen (secondary N) is 3. The maximum Gasteiger partial charge on any atom is 0.307 e. The van der Waals surface area contributed by atoms with Crippen LogP contribution in [0.3, 0.4) is 0 Å². The second kappa shape index (κ2) is 58.5. The van der Waals surface area contributed by atoms with Gasteiger partial charge < -0.3 is 77.8 Å². The minimum absolute atomic E-state index is 0. The lowest BCUT2D eigenvalue weighted by atomic mass is 9.95. The summed E-state index contributed by atoms with van der Waals surface area (Å²) in [4.78, 5) is 164. The number of guanidine groups is 4. The van der Waals surface area contributed by atoms with E-state index < -0.39 is 22.4 Å². The van der Waals surface area contributed by atoms with Gasteiger partial charge in [0.15, 0.2) is 40.5 Å². The Hall–Kier alpha value is -15.3. The lowest BCUT2D eigenvalue weighted by Crippen LogP contribution is -2.22. The van der Waals surface area contributed by atoms with Gasteiger partial charge in [-0.15, -0.1) is 70.0 Å². The number of nitrogen functional groups attached to an aromatic ring is 1. The number of carbonyl (C=O) groups excluding carboxylic acids is 12. The SMILES string of the molecule is C/C(=N\N=C(N)N)c1cc(NC(=O)Cc2cccc(CC(=O)c3cc(/C(C)=N/N=C(N)N)cc(/C(C)=N/N=C(N)N)c3)c2)cc(/C(C)=N/N=C(N)N)c1.CC(=O)c1cc(N)cc(C(C)=O)c1.CC(=O)c1cc(NC(=O)Cc2cccc(CC(=O)Nc3cc(C(C)=O)cc(C(C)=O)c3)c2)cc(C(C)=O)c1.Cl.Cl.Cl.Cl.O=C(Cl)Cc1cccc(CC(=O)Cl)c1.O=C(O)Cc1cccc(CC(=O)O)c1. The number of nitrogens with two attached hydrogens (primary N) is 9. The Labute approximate surface area is 817 Å². The van der Waals surface area contributed by atoms with Gasteiger partial charge in [0.2, 0.25) is 52.0 Å². The monoisotopic (exact) mass is 1980 g/mol. The van der Waals surface area contributed by atoms with Crippen LogP contribution in [0, 0.1) is 0 Å². The van der Waals surface area contributed by atoms with Crippen molar-refractivity contribution in [2.24, 2.45) is 86.7 Å². The van der Waals surface area contributed by atoms with Crippen LogP contribution in [0.2, 0.25) is 0 Å². The van der Waals surface area contributed by atoms with E-state index in [0.717, 1.165) is 11.1 Å². The fourth-order valence-electron chi connectivity index (χ4n) is 11.9. The largest absolute Gasteiger partial charge is 0.481 e. The summed E-state index contributed by atoms with van der Waals surface area (Å²) >= 11 is 10.5. The average Bonchev–Trinajstić information content (AvgIpc) is 0.982. The van der Waals surface area contributed by atoms with Gasteiger partial charge in [0.25, 0.3) is 0 Å². The first kappa shape index (κ1) is 119. The smallest absolute Gasteiger partial charge is 0.307 e. The number of ketones is 7. The fraction of sp³-hybridized carbons (Fsp3) is 0.191. The van der Waals surface area contributed by atoms with Gasteiger partial charge in [-0.3, -0.25) is 67.1 Å². The van der Waals surface area contributed by atoms with Crippen molar-refractivity contribution in [3.05, 3.63) is 294 Å². The number of rotatable bonds is 34. The molecule has 0 heterocycles. The van der Waals surface area contributed by atoms with Crippen molar-refractivity contribution >= 4 is 223 Å². The number of hydrogen-bond donors (Lipinski definition) is 14. The van der Waals surface area contributed by atoms with E-state index in [-0.39, 0.29) is 183 Å². The highest BCUT2D eigenvalue weighted by Gasteiger charge is 2.19. The van der Waals surface area contributed by atoms with Crippen LogP contribution >= 0.6 is 72.8 Å². The van der Waals surface area contributed by atoms with Crippen LogP contribution < -0.4 is 67.6 Å². The number of amides is 3. The Balaban J connectivity index is 0.000000956. The number of aliphatic carboxylic acids is 2. The number of carboxylic acids is 2. The van der Waals surface area contributed by atoms with E-state index in [1.165, 1.54) is 77.9 Å². The molecule has 9 aromatic carbocycles. The summed E-state index contributed by atoms with van der Waals surface area (Å²) in [5.74, 6) is -5.00. The Bertz CT molecular complexity index is 5770. The molecule has 0 aromatic heterocycles. The third-order valence-corrected chi connectivity index (χ3v) is 18.3. The van der Waals surface area contributed by atoms with Gasteiger partial charge in [-0.2, -0.15) is 20.4 Å². The van der Waals surface area contributed by atoms with Crippen molar-refractivity contribution < 1.29 is 77.3 Å². The Morgan fingerprint density at radius 1 is 0.257 bits per heavy atom. The molecule has 42 heteroatoms. The molecule has 9 aromatic rings. The van der Waals surface area contributed by atoms with Gasteiger partial charge >= 0.3 is 11.9 Å². The zero-order valence-corrected chi connectivity index (χ0v) is 80.1. The van der Waals surface area contributed by atoms with E-state index in [1.54, 1.807) is 179 Å². The molecule has 0 aliphatic rings. The normalized spacial score (nSPS) is 10.5. The van der Waals surface area contributed by atoms with Gasteiger partial charge in [0, 0.05) is 92.1 Å². The van der Waals surface area contributed by atoms with Crippen molar-refractivity contribution in [2.75, 3.05) is 21.7 Å². The molecule has 3 amide bonds. The van der Waals surface area contributed by atoms with E-state index >= 15 is 0 Å².